The van der Waals surface area contributed by atoms with Gasteiger partial charge in [0.15, 0.2) is 0 Å². The molecule has 0 radical (unpaired) electrons. The second-order valence-corrected chi connectivity index (χ2v) is 8.51. The van der Waals surface area contributed by atoms with Crippen LogP contribution in [0.4, 0.5) is 0 Å². The average molecular weight is 429 g/mol. The maximum absolute atomic E-state index is 12.6. The minimum Gasteiger partial charge on any atom is -0.480 e. The van der Waals surface area contributed by atoms with E-state index >= 15 is 0 Å². The van der Waals surface area contributed by atoms with Gasteiger partial charge in [-0.15, -0.1) is 0 Å². The van der Waals surface area contributed by atoms with Crippen LogP contribution in [0.15, 0.2) is 29.2 Å². The molecule has 0 saturated heterocycles. The molecule has 1 aromatic carbocycles. The Morgan fingerprint density at radius 2 is 1.71 bits per heavy atom. The van der Waals surface area contributed by atoms with Crippen molar-refractivity contribution in [1.82, 2.24) is 10.6 Å². The van der Waals surface area contributed by atoms with E-state index in [1.54, 1.807) is 31.2 Å². The number of carboxylic acid groups (broad SMARTS) is 2. The van der Waals surface area contributed by atoms with Crippen LogP contribution in [0.2, 0.25) is 0 Å². The van der Waals surface area contributed by atoms with Crippen LogP contribution in [-0.2, 0) is 14.4 Å². The van der Waals surface area contributed by atoms with Crippen molar-refractivity contribution in [3.05, 3.63) is 29.8 Å². The minimum atomic E-state index is -1.15. The second-order valence-electron chi connectivity index (χ2n) is 6.13. The first-order valence-corrected chi connectivity index (χ1v) is 10.9. The quantitative estimate of drug-likeness (QED) is 0.395. The van der Waals surface area contributed by atoms with Crippen LogP contribution in [0.5, 0.6) is 0 Å². The van der Waals surface area contributed by atoms with E-state index in [-0.39, 0.29) is 11.7 Å². The summed E-state index contributed by atoms with van der Waals surface area (Å²) in [6.07, 6.45) is 0.600. The maximum atomic E-state index is 12.6. The van der Waals surface area contributed by atoms with Crippen LogP contribution in [0.1, 0.15) is 37.6 Å². The van der Waals surface area contributed by atoms with Gasteiger partial charge in [-0.05, 0) is 18.1 Å². The van der Waals surface area contributed by atoms with Crippen molar-refractivity contribution >= 4 is 45.3 Å². The molecule has 1 aromatic rings. The first kappa shape index (κ1) is 23.8. The van der Waals surface area contributed by atoms with E-state index in [4.69, 9.17) is 5.11 Å². The fourth-order valence-corrected chi connectivity index (χ4v) is 4.59. The highest BCUT2D eigenvalue weighted by Gasteiger charge is 2.26. The summed E-state index contributed by atoms with van der Waals surface area (Å²) in [6.45, 7) is 4.84. The predicted molar refractivity (Wildman–Crippen MR) is 108 cm³/mol. The topological polar surface area (TPSA) is 133 Å². The zero-order valence-corrected chi connectivity index (χ0v) is 17.4. The Morgan fingerprint density at radius 1 is 1.07 bits per heavy atom. The Bertz CT molecular complexity index is 728. The van der Waals surface area contributed by atoms with Crippen molar-refractivity contribution in [2.24, 2.45) is 5.92 Å². The average Bonchev–Trinajstić information content (AvgIpc) is 2.64. The highest BCUT2D eigenvalue weighted by atomic mass is 33.1. The highest BCUT2D eigenvalue weighted by molar-refractivity contribution is 8.76. The third kappa shape index (κ3) is 7.43. The molecule has 0 aliphatic carbocycles. The Kier molecular flexibility index (Phi) is 9.88. The number of amides is 2. The molecule has 28 heavy (non-hydrogen) atoms. The fourth-order valence-electron chi connectivity index (χ4n) is 2.21. The van der Waals surface area contributed by atoms with Crippen molar-refractivity contribution in [2.75, 3.05) is 5.75 Å². The monoisotopic (exact) mass is 428 g/mol. The molecule has 0 unspecified atom stereocenters. The van der Waals surface area contributed by atoms with Crippen LogP contribution < -0.4 is 10.6 Å². The molecule has 0 fully saturated rings. The van der Waals surface area contributed by atoms with E-state index in [9.17, 15) is 24.3 Å². The summed E-state index contributed by atoms with van der Waals surface area (Å²) < 4.78 is 0. The van der Waals surface area contributed by atoms with Gasteiger partial charge in [-0.2, -0.15) is 0 Å². The summed E-state index contributed by atoms with van der Waals surface area (Å²) in [5.74, 6) is -3.32. The van der Waals surface area contributed by atoms with Crippen molar-refractivity contribution < 1.29 is 29.4 Å². The summed E-state index contributed by atoms with van der Waals surface area (Å²) in [7, 11) is 2.37. The number of hydrogen-bond acceptors (Lipinski definition) is 6. The predicted octanol–water partition coefficient (Wildman–Crippen LogP) is 2.25. The minimum absolute atomic E-state index is 0.0974. The summed E-state index contributed by atoms with van der Waals surface area (Å²) in [6, 6.07) is 4.62. The molecular formula is C18H24N2O6S2. The van der Waals surface area contributed by atoms with Gasteiger partial charge in [-0.25, -0.2) is 9.59 Å². The molecule has 8 nitrogen and oxygen atoms in total. The normalized spacial score (nSPS) is 13.8. The van der Waals surface area contributed by atoms with Gasteiger partial charge in [0, 0.05) is 17.6 Å². The summed E-state index contributed by atoms with van der Waals surface area (Å²) in [5, 5.41) is 23.4. The van der Waals surface area contributed by atoms with Gasteiger partial charge in [0.1, 0.15) is 12.1 Å². The molecule has 154 valence electrons. The second kappa shape index (κ2) is 11.6. The number of hydrogen-bond donors (Lipinski definition) is 4. The Morgan fingerprint density at radius 3 is 2.25 bits per heavy atom. The smallest absolute Gasteiger partial charge is 0.327 e. The summed E-state index contributed by atoms with van der Waals surface area (Å²) in [5.41, 5.74) is 0.306. The van der Waals surface area contributed by atoms with Crippen molar-refractivity contribution in [3.8, 4) is 0 Å². The summed E-state index contributed by atoms with van der Waals surface area (Å²) in [4.78, 5) is 46.9. The van der Waals surface area contributed by atoms with Crippen molar-refractivity contribution in [2.45, 2.75) is 44.2 Å². The molecule has 10 heteroatoms. The largest absolute Gasteiger partial charge is 0.480 e. The number of nitrogens with one attached hydrogen (secondary N) is 2. The number of carbonyl (C=O) groups is 4. The third-order valence-electron chi connectivity index (χ3n) is 3.96. The van der Waals surface area contributed by atoms with Crippen LogP contribution in [-0.4, -0.2) is 51.8 Å². The van der Waals surface area contributed by atoms with E-state index in [0.717, 1.165) is 0 Å². The third-order valence-corrected chi connectivity index (χ3v) is 6.38. The maximum Gasteiger partial charge on any atom is 0.327 e. The molecule has 0 saturated carbocycles. The highest BCUT2D eigenvalue weighted by Crippen LogP contribution is 2.34. The number of carboxylic acids is 2. The Labute approximate surface area is 171 Å². The van der Waals surface area contributed by atoms with Crippen LogP contribution in [0, 0.1) is 5.92 Å². The standard InChI is InChI=1S/C18H24N2O6S2/c1-4-10(2)15(18(25)26)20-16(22)12-7-5-6-8-14(12)28-27-9-13(17(23)24)19-11(3)21/h5-8,10,13,15H,4,9H2,1-3H3,(H,19,21)(H,20,22)(H,23,24)(H,25,26)/t10-,13-,15-/m0/s1. The van der Waals surface area contributed by atoms with E-state index in [2.05, 4.69) is 10.6 Å². The first-order valence-electron chi connectivity index (χ1n) is 8.59. The molecular weight excluding hydrogens is 404 g/mol. The van der Waals surface area contributed by atoms with Gasteiger partial charge in [0.25, 0.3) is 5.91 Å². The van der Waals surface area contributed by atoms with Gasteiger partial charge >= 0.3 is 11.9 Å². The van der Waals surface area contributed by atoms with Crippen molar-refractivity contribution in [3.63, 3.8) is 0 Å². The lowest BCUT2D eigenvalue weighted by Gasteiger charge is -2.20. The number of rotatable bonds is 11. The zero-order valence-electron chi connectivity index (χ0n) is 15.8. The molecule has 2 amide bonds. The SMILES string of the molecule is CC[C@H](C)[C@H](NC(=O)c1ccccc1SSC[C@H](NC(C)=O)C(=O)O)C(=O)O. The van der Waals surface area contributed by atoms with Gasteiger partial charge < -0.3 is 20.8 Å². The lowest BCUT2D eigenvalue weighted by atomic mass is 9.99. The van der Waals surface area contributed by atoms with Crippen LogP contribution >= 0.6 is 21.6 Å². The van der Waals surface area contributed by atoms with E-state index in [0.29, 0.717) is 16.9 Å². The van der Waals surface area contributed by atoms with Gasteiger partial charge in [0.2, 0.25) is 5.91 Å². The lowest BCUT2D eigenvalue weighted by molar-refractivity contribution is -0.141. The molecule has 4 N–H and O–H groups in total. The van der Waals surface area contributed by atoms with E-state index in [1.165, 1.54) is 28.5 Å². The van der Waals surface area contributed by atoms with Crippen LogP contribution in [0.3, 0.4) is 0 Å². The Hall–Kier alpha value is -2.20. The molecule has 3 atom stereocenters. The van der Waals surface area contributed by atoms with Crippen molar-refractivity contribution in [1.29, 1.82) is 0 Å². The molecule has 0 spiro atoms. The zero-order chi connectivity index (χ0) is 21.3. The first-order chi connectivity index (χ1) is 13.2. The molecule has 0 aromatic heterocycles. The molecule has 1 rings (SSSR count). The number of carbonyl (C=O) groups excluding carboxylic acids is 2. The molecule has 0 bridgehead atoms. The van der Waals surface area contributed by atoms with Gasteiger partial charge in [-0.1, -0.05) is 54.0 Å². The van der Waals surface area contributed by atoms with E-state index < -0.39 is 35.8 Å². The van der Waals surface area contributed by atoms with Gasteiger partial charge in [0.05, 0.1) is 5.56 Å². The Balaban J connectivity index is 2.83. The fraction of sp³-hybridized carbons (Fsp3) is 0.444. The van der Waals surface area contributed by atoms with Crippen LogP contribution in [0.25, 0.3) is 0 Å². The van der Waals surface area contributed by atoms with Gasteiger partial charge in [-0.3, -0.25) is 9.59 Å². The summed E-state index contributed by atoms with van der Waals surface area (Å²) >= 11 is 0. The lowest BCUT2D eigenvalue weighted by Crippen LogP contribution is -2.45. The number of aliphatic carboxylic acids is 2. The number of benzene rings is 1. The molecule has 0 aliphatic rings. The molecule has 0 aliphatic heterocycles. The molecule has 0 heterocycles. The van der Waals surface area contributed by atoms with E-state index in [1.807, 2.05) is 6.92 Å².